The summed E-state index contributed by atoms with van der Waals surface area (Å²) >= 11 is 0. The Morgan fingerprint density at radius 2 is 0.700 bits per heavy atom. The molecule has 0 saturated carbocycles. The average molecular weight is 140 g/mol. The van der Waals surface area contributed by atoms with Crippen LogP contribution in [0.15, 0.2) is 0 Å². The molecule has 0 aromatic carbocycles. The van der Waals surface area contributed by atoms with E-state index in [1.165, 1.54) is 0 Å². The van der Waals surface area contributed by atoms with Gasteiger partial charge in [0.25, 0.3) is 0 Å². The van der Waals surface area contributed by atoms with Crippen LogP contribution in [0.4, 0.5) is 9.59 Å². The topological polar surface area (TPSA) is 115 Å². The van der Waals surface area contributed by atoms with Crippen molar-refractivity contribution in [2.24, 2.45) is 0 Å². The van der Waals surface area contributed by atoms with Crippen molar-refractivity contribution < 1.29 is 30.0 Å². The molecule has 0 aliphatic heterocycles. The molecule has 10 heavy (non-hydrogen) atoms. The van der Waals surface area contributed by atoms with Crippen molar-refractivity contribution in [1.82, 2.24) is 0 Å². The van der Waals surface area contributed by atoms with Gasteiger partial charge in [0.15, 0.2) is 0 Å². The maximum atomic E-state index is 8.56. The molecule has 0 saturated heterocycles. The van der Waals surface area contributed by atoms with E-state index in [2.05, 4.69) is 0 Å². The molecule has 0 amide bonds. The van der Waals surface area contributed by atoms with Gasteiger partial charge in [-0.3, -0.25) is 0 Å². The van der Waals surface area contributed by atoms with Gasteiger partial charge in [-0.2, -0.15) is 0 Å². The summed E-state index contributed by atoms with van der Waals surface area (Å²) in [7, 11) is 0. The molecular formula is C2H6Li2O6. The van der Waals surface area contributed by atoms with E-state index < -0.39 is 12.3 Å². The number of carboxylic acid groups (broad SMARTS) is 4. The van der Waals surface area contributed by atoms with E-state index in [0.717, 1.165) is 0 Å². The van der Waals surface area contributed by atoms with Crippen molar-refractivity contribution in [3.63, 3.8) is 0 Å². The van der Waals surface area contributed by atoms with Crippen molar-refractivity contribution in [3.05, 3.63) is 0 Å². The molecule has 0 radical (unpaired) electrons. The zero-order valence-electron chi connectivity index (χ0n) is 3.61. The predicted molar refractivity (Wildman–Crippen MR) is 35.6 cm³/mol. The maximum absolute atomic E-state index is 8.56. The molecule has 0 aromatic heterocycles. The van der Waals surface area contributed by atoms with Crippen LogP contribution in [0.2, 0.25) is 0 Å². The Morgan fingerprint density at radius 3 is 0.700 bits per heavy atom. The van der Waals surface area contributed by atoms with E-state index in [4.69, 9.17) is 30.0 Å². The van der Waals surface area contributed by atoms with Crippen LogP contribution in [0.5, 0.6) is 0 Å². The Balaban J connectivity index is -0.0000000300. The van der Waals surface area contributed by atoms with Gasteiger partial charge >= 0.3 is 50.0 Å². The number of hydrogen-bond acceptors (Lipinski definition) is 2. The first-order chi connectivity index (χ1) is 3.46. The van der Waals surface area contributed by atoms with Crippen molar-refractivity contribution >= 4 is 50.0 Å². The van der Waals surface area contributed by atoms with Crippen molar-refractivity contribution in [2.45, 2.75) is 0 Å². The van der Waals surface area contributed by atoms with Crippen LogP contribution in [0, 0.1) is 0 Å². The number of hydrogen-bond donors (Lipinski definition) is 4. The van der Waals surface area contributed by atoms with E-state index >= 15 is 0 Å². The van der Waals surface area contributed by atoms with E-state index in [9.17, 15) is 0 Å². The van der Waals surface area contributed by atoms with Crippen LogP contribution in [0.1, 0.15) is 0 Å². The average Bonchev–Trinajstić information content (AvgIpc) is 1.25. The first-order valence-electron chi connectivity index (χ1n) is 1.30. The molecule has 0 unspecified atom stereocenters. The minimum absolute atomic E-state index is 0. The summed E-state index contributed by atoms with van der Waals surface area (Å²) in [5.41, 5.74) is 0. The van der Waals surface area contributed by atoms with Gasteiger partial charge in [0.1, 0.15) is 0 Å². The second-order valence-electron chi connectivity index (χ2n) is 0.565. The fourth-order valence-electron chi connectivity index (χ4n) is 0. The first-order valence-corrected chi connectivity index (χ1v) is 1.30. The van der Waals surface area contributed by atoms with Crippen LogP contribution in [0.25, 0.3) is 0 Å². The monoisotopic (exact) mass is 140 g/mol. The third-order valence-corrected chi connectivity index (χ3v) is 0. The quantitative estimate of drug-likeness (QED) is 0.325. The van der Waals surface area contributed by atoms with Gasteiger partial charge in [0, 0.05) is 0 Å². The first kappa shape index (κ1) is 22.6. The van der Waals surface area contributed by atoms with Gasteiger partial charge in [-0.25, -0.2) is 9.59 Å². The van der Waals surface area contributed by atoms with Crippen LogP contribution in [-0.2, 0) is 0 Å². The molecule has 0 heterocycles. The summed E-state index contributed by atoms with van der Waals surface area (Å²) in [5.74, 6) is 0. The summed E-state index contributed by atoms with van der Waals surface area (Å²) < 4.78 is 0. The van der Waals surface area contributed by atoms with E-state index in [1.807, 2.05) is 0 Å². The summed E-state index contributed by atoms with van der Waals surface area (Å²) in [5, 5.41) is 27.9. The van der Waals surface area contributed by atoms with Crippen LogP contribution < -0.4 is 0 Å². The standard InChI is InChI=1S/2CH2O3.2Li.2H/c2*2-1(3)4;;;;/h2*(H2,2,3,4);;;;. The third-order valence-electron chi connectivity index (χ3n) is 0. The van der Waals surface area contributed by atoms with Gasteiger partial charge in [-0.05, 0) is 0 Å². The minimum atomic E-state index is -1.83. The van der Waals surface area contributed by atoms with Gasteiger partial charge in [-0.1, -0.05) is 0 Å². The number of rotatable bonds is 0. The molecule has 0 fully saturated rings. The Bertz CT molecular complexity index is 71.7. The van der Waals surface area contributed by atoms with Gasteiger partial charge in [0.2, 0.25) is 0 Å². The fourth-order valence-corrected chi connectivity index (χ4v) is 0. The summed E-state index contributed by atoms with van der Waals surface area (Å²) in [6.07, 6.45) is -3.67. The van der Waals surface area contributed by atoms with E-state index in [-0.39, 0.29) is 37.7 Å². The van der Waals surface area contributed by atoms with Crippen molar-refractivity contribution in [1.29, 1.82) is 0 Å². The molecule has 52 valence electrons. The fraction of sp³-hybridized carbons (Fsp3) is 0. The molecule has 4 N–H and O–H groups in total. The molecule has 0 aliphatic carbocycles. The molecule has 0 rings (SSSR count). The van der Waals surface area contributed by atoms with Crippen LogP contribution in [-0.4, -0.2) is 70.5 Å². The number of carbonyl (C=O) groups is 2. The molecule has 0 atom stereocenters. The molecule has 0 aliphatic rings. The summed E-state index contributed by atoms with van der Waals surface area (Å²) in [6, 6.07) is 0. The SMILES string of the molecule is O=C(O)O.O=C(O)O.[LiH].[LiH]. The molecule has 6 nitrogen and oxygen atoms in total. The van der Waals surface area contributed by atoms with E-state index in [0.29, 0.717) is 0 Å². The Hall–Kier alpha value is -0.265. The molecular weight excluding hydrogens is 134 g/mol. The Kier molecular flexibility index (Phi) is 35.9. The van der Waals surface area contributed by atoms with Gasteiger partial charge in [0.05, 0.1) is 0 Å². The second-order valence-corrected chi connectivity index (χ2v) is 0.565. The molecule has 8 heteroatoms. The third kappa shape index (κ3) is 4990. The summed E-state index contributed by atoms with van der Waals surface area (Å²) in [4.78, 5) is 17.1. The van der Waals surface area contributed by atoms with Crippen LogP contribution >= 0.6 is 0 Å². The van der Waals surface area contributed by atoms with E-state index in [1.54, 1.807) is 0 Å². The summed E-state index contributed by atoms with van der Waals surface area (Å²) in [6.45, 7) is 0. The molecule has 0 spiro atoms. The van der Waals surface area contributed by atoms with Crippen LogP contribution in [0.3, 0.4) is 0 Å². The normalized spacial score (nSPS) is 4.80. The zero-order chi connectivity index (χ0) is 7.15. The molecule has 0 bridgehead atoms. The van der Waals surface area contributed by atoms with Gasteiger partial charge in [-0.15, -0.1) is 0 Å². The van der Waals surface area contributed by atoms with Crippen molar-refractivity contribution in [3.8, 4) is 0 Å². The zero-order valence-corrected chi connectivity index (χ0v) is 3.61. The molecule has 0 aromatic rings. The van der Waals surface area contributed by atoms with Gasteiger partial charge < -0.3 is 20.4 Å². The van der Waals surface area contributed by atoms with Crippen molar-refractivity contribution in [2.75, 3.05) is 0 Å². The second kappa shape index (κ2) is 15.9. The Morgan fingerprint density at radius 1 is 0.700 bits per heavy atom. The Labute approximate surface area is 80.2 Å². The predicted octanol–water partition coefficient (Wildman–Crippen LogP) is -0.852.